The SMILES string of the molecule is CC1CCC(C(C)C)C(N)(C(C)C)C1. The van der Waals surface area contributed by atoms with E-state index in [-0.39, 0.29) is 5.54 Å². The summed E-state index contributed by atoms with van der Waals surface area (Å²) >= 11 is 0. The van der Waals surface area contributed by atoms with E-state index in [0.717, 1.165) is 17.8 Å². The van der Waals surface area contributed by atoms with E-state index in [4.69, 9.17) is 5.73 Å². The van der Waals surface area contributed by atoms with Gasteiger partial charge in [-0.05, 0) is 36.5 Å². The van der Waals surface area contributed by atoms with Gasteiger partial charge in [-0.2, -0.15) is 0 Å². The molecule has 1 rings (SSSR count). The summed E-state index contributed by atoms with van der Waals surface area (Å²) in [5.74, 6) is 2.88. The second kappa shape index (κ2) is 4.22. The van der Waals surface area contributed by atoms with E-state index in [1.807, 2.05) is 0 Å². The van der Waals surface area contributed by atoms with E-state index in [9.17, 15) is 0 Å². The van der Waals surface area contributed by atoms with Crippen molar-refractivity contribution in [3.05, 3.63) is 0 Å². The minimum atomic E-state index is 0.0891. The van der Waals surface area contributed by atoms with Gasteiger partial charge in [-0.1, -0.05) is 41.0 Å². The zero-order chi connectivity index (χ0) is 10.9. The summed E-state index contributed by atoms with van der Waals surface area (Å²) in [5, 5.41) is 0. The minimum absolute atomic E-state index is 0.0891. The lowest BCUT2D eigenvalue weighted by Gasteiger charge is -2.48. The Morgan fingerprint density at radius 2 is 1.71 bits per heavy atom. The summed E-state index contributed by atoms with van der Waals surface area (Å²) in [7, 11) is 0. The molecule has 0 radical (unpaired) electrons. The largest absolute Gasteiger partial charge is 0.325 e. The highest BCUT2D eigenvalue weighted by Crippen LogP contribution is 2.43. The van der Waals surface area contributed by atoms with Crippen LogP contribution in [0.2, 0.25) is 0 Å². The number of nitrogens with two attached hydrogens (primary N) is 1. The van der Waals surface area contributed by atoms with Gasteiger partial charge in [0.05, 0.1) is 0 Å². The Labute approximate surface area is 89.5 Å². The van der Waals surface area contributed by atoms with Crippen molar-refractivity contribution in [1.29, 1.82) is 0 Å². The van der Waals surface area contributed by atoms with E-state index in [1.54, 1.807) is 0 Å². The fraction of sp³-hybridized carbons (Fsp3) is 1.00. The number of hydrogen-bond donors (Lipinski definition) is 1. The topological polar surface area (TPSA) is 26.0 Å². The summed E-state index contributed by atoms with van der Waals surface area (Å²) in [6, 6.07) is 0. The van der Waals surface area contributed by atoms with E-state index in [2.05, 4.69) is 34.6 Å². The first-order chi connectivity index (χ1) is 6.38. The summed E-state index contributed by atoms with van der Waals surface area (Å²) in [6.45, 7) is 11.6. The summed E-state index contributed by atoms with van der Waals surface area (Å²) in [5.41, 5.74) is 6.73. The molecule has 0 aliphatic heterocycles. The number of hydrogen-bond acceptors (Lipinski definition) is 1. The van der Waals surface area contributed by atoms with Gasteiger partial charge >= 0.3 is 0 Å². The molecule has 0 heterocycles. The van der Waals surface area contributed by atoms with E-state index < -0.39 is 0 Å². The zero-order valence-electron chi connectivity index (χ0n) is 10.5. The van der Waals surface area contributed by atoms with Crippen molar-refractivity contribution in [3.63, 3.8) is 0 Å². The first-order valence-electron chi connectivity index (χ1n) is 6.16. The molecular weight excluding hydrogens is 170 g/mol. The van der Waals surface area contributed by atoms with Crippen LogP contribution in [0.15, 0.2) is 0 Å². The smallest absolute Gasteiger partial charge is 0.0211 e. The molecule has 0 spiro atoms. The Bertz CT molecular complexity index is 186. The maximum Gasteiger partial charge on any atom is 0.0211 e. The Balaban J connectivity index is 2.83. The average molecular weight is 197 g/mol. The van der Waals surface area contributed by atoms with Gasteiger partial charge in [0.2, 0.25) is 0 Å². The molecule has 1 nitrogen and oxygen atoms in total. The monoisotopic (exact) mass is 197 g/mol. The van der Waals surface area contributed by atoms with Crippen LogP contribution in [0.1, 0.15) is 53.9 Å². The van der Waals surface area contributed by atoms with Gasteiger partial charge in [0.15, 0.2) is 0 Å². The van der Waals surface area contributed by atoms with Crippen molar-refractivity contribution < 1.29 is 0 Å². The predicted octanol–water partition coefficient (Wildman–Crippen LogP) is 3.43. The van der Waals surface area contributed by atoms with Crippen LogP contribution in [0.4, 0.5) is 0 Å². The molecule has 3 unspecified atom stereocenters. The molecule has 3 atom stereocenters. The molecule has 1 aliphatic carbocycles. The fourth-order valence-corrected chi connectivity index (χ4v) is 3.21. The van der Waals surface area contributed by atoms with Crippen LogP contribution in [0.25, 0.3) is 0 Å². The molecule has 1 saturated carbocycles. The standard InChI is InChI=1S/C13H27N/c1-9(2)12-7-6-11(5)8-13(12,14)10(3)4/h9-12H,6-8,14H2,1-5H3. The third-order valence-corrected chi connectivity index (χ3v) is 4.24. The quantitative estimate of drug-likeness (QED) is 0.721. The van der Waals surface area contributed by atoms with Crippen molar-refractivity contribution in [2.75, 3.05) is 0 Å². The molecule has 84 valence electrons. The molecule has 0 aromatic carbocycles. The highest BCUT2D eigenvalue weighted by molar-refractivity contribution is 4.99. The predicted molar refractivity (Wildman–Crippen MR) is 63.1 cm³/mol. The van der Waals surface area contributed by atoms with Gasteiger partial charge in [0.1, 0.15) is 0 Å². The highest BCUT2D eigenvalue weighted by atomic mass is 14.8. The Morgan fingerprint density at radius 1 is 1.14 bits per heavy atom. The van der Waals surface area contributed by atoms with Crippen molar-refractivity contribution in [2.24, 2.45) is 29.4 Å². The van der Waals surface area contributed by atoms with Gasteiger partial charge in [0, 0.05) is 5.54 Å². The molecule has 0 saturated heterocycles. The summed E-state index contributed by atoms with van der Waals surface area (Å²) < 4.78 is 0. The van der Waals surface area contributed by atoms with Crippen molar-refractivity contribution >= 4 is 0 Å². The van der Waals surface area contributed by atoms with Gasteiger partial charge in [0.25, 0.3) is 0 Å². The molecule has 0 bridgehead atoms. The maximum atomic E-state index is 6.64. The molecule has 1 fully saturated rings. The first-order valence-corrected chi connectivity index (χ1v) is 6.16. The molecule has 0 amide bonds. The van der Waals surface area contributed by atoms with Crippen LogP contribution < -0.4 is 5.73 Å². The Morgan fingerprint density at radius 3 is 2.14 bits per heavy atom. The molecule has 1 heteroatoms. The lowest BCUT2D eigenvalue weighted by atomic mass is 9.61. The molecule has 14 heavy (non-hydrogen) atoms. The second-order valence-electron chi connectivity index (χ2n) is 6.00. The zero-order valence-corrected chi connectivity index (χ0v) is 10.5. The minimum Gasteiger partial charge on any atom is -0.325 e. The van der Waals surface area contributed by atoms with E-state index in [0.29, 0.717) is 5.92 Å². The molecule has 0 aromatic heterocycles. The second-order valence-corrected chi connectivity index (χ2v) is 6.00. The van der Waals surface area contributed by atoms with Crippen LogP contribution in [-0.2, 0) is 0 Å². The molecule has 0 aromatic rings. The molecule has 2 N–H and O–H groups in total. The third-order valence-electron chi connectivity index (χ3n) is 4.24. The van der Waals surface area contributed by atoms with Crippen LogP contribution >= 0.6 is 0 Å². The summed E-state index contributed by atoms with van der Waals surface area (Å²) in [6.07, 6.45) is 3.91. The highest BCUT2D eigenvalue weighted by Gasteiger charge is 2.42. The Hall–Kier alpha value is -0.0400. The van der Waals surface area contributed by atoms with Gasteiger partial charge < -0.3 is 5.73 Å². The van der Waals surface area contributed by atoms with Crippen molar-refractivity contribution in [1.82, 2.24) is 0 Å². The molecule has 1 aliphatic rings. The van der Waals surface area contributed by atoms with Crippen LogP contribution in [0, 0.1) is 23.7 Å². The lowest BCUT2D eigenvalue weighted by Crippen LogP contribution is -2.56. The van der Waals surface area contributed by atoms with Crippen molar-refractivity contribution in [3.8, 4) is 0 Å². The van der Waals surface area contributed by atoms with Crippen LogP contribution in [0.3, 0.4) is 0 Å². The average Bonchev–Trinajstić information content (AvgIpc) is 2.02. The van der Waals surface area contributed by atoms with Gasteiger partial charge in [-0.25, -0.2) is 0 Å². The lowest BCUT2D eigenvalue weighted by molar-refractivity contribution is 0.0704. The number of rotatable bonds is 2. The van der Waals surface area contributed by atoms with Crippen LogP contribution in [-0.4, -0.2) is 5.54 Å². The van der Waals surface area contributed by atoms with Gasteiger partial charge in [-0.15, -0.1) is 0 Å². The molecular formula is C13H27N. The van der Waals surface area contributed by atoms with Gasteiger partial charge in [-0.3, -0.25) is 0 Å². The normalized spacial score (nSPS) is 39.4. The summed E-state index contributed by atoms with van der Waals surface area (Å²) in [4.78, 5) is 0. The fourth-order valence-electron chi connectivity index (χ4n) is 3.21. The maximum absolute atomic E-state index is 6.64. The van der Waals surface area contributed by atoms with E-state index >= 15 is 0 Å². The third kappa shape index (κ3) is 2.13. The van der Waals surface area contributed by atoms with E-state index in [1.165, 1.54) is 19.3 Å². The Kier molecular flexibility index (Phi) is 3.63. The van der Waals surface area contributed by atoms with Crippen LogP contribution in [0.5, 0.6) is 0 Å². The first kappa shape index (κ1) is 12.0. The van der Waals surface area contributed by atoms with Crippen molar-refractivity contribution in [2.45, 2.75) is 59.4 Å².